The lowest BCUT2D eigenvalue weighted by molar-refractivity contribution is -0.137. The molecule has 7 heteroatoms. The molecule has 0 bridgehead atoms. The molecule has 0 aliphatic carbocycles. The Balaban J connectivity index is 2.30. The summed E-state index contributed by atoms with van der Waals surface area (Å²) in [6, 6.07) is 0. The monoisotopic (exact) mass is 169 g/mol. The summed E-state index contributed by atoms with van der Waals surface area (Å²) in [5.74, 6) is -0.944. The van der Waals surface area contributed by atoms with Gasteiger partial charge in [-0.05, 0) is 5.53 Å². The second kappa shape index (κ2) is 3.19. The molecule has 0 aromatic carbocycles. The molecule has 0 fully saturated rings. The van der Waals surface area contributed by atoms with E-state index in [1.54, 1.807) is 0 Å². The molecule has 0 aromatic rings. The van der Waals surface area contributed by atoms with Crippen LogP contribution in [0.3, 0.4) is 0 Å². The van der Waals surface area contributed by atoms with Gasteiger partial charge in [0.05, 0.1) is 6.42 Å². The minimum Gasteiger partial charge on any atom is -0.481 e. The van der Waals surface area contributed by atoms with Crippen LogP contribution < -0.4 is 0 Å². The van der Waals surface area contributed by atoms with Crippen LogP contribution in [0, 0.1) is 0 Å². The Hall–Kier alpha value is -1.62. The van der Waals surface area contributed by atoms with Gasteiger partial charge in [0.1, 0.15) is 0 Å². The highest BCUT2D eigenvalue weighted by atomic mass is 16.4. The van der Waals surface area contributed by atoms with Crippen molar-refractivity contribution in [2.75, 3.05) is 6.54 Å². The van der Waals surface area contributed by atoms with Crippen molar-refractivity contribution in [2.24, 2.45) is 15.3 Å². The molecule has 0 atom stereocenters. The van der Waals surface area contributed by atoms with Crippen LogP contribution in [0.4, 0.5) is 0 Å². The highest BCUT2D eigenvalue weighted by molar-refractivity contribution is 5.68. The first-order valence-electron chi connectivity index (χ1n) is 3.35. The Kier molecular flexibility index (Phi) is 2.25. The van der Waals surface area contributed by atoms with E-state index in [0.717, 1.165) is 0 Å². The van der Waals surface area contributed by atoms with E-state index in [1.807, 2.05) is 0 Å². The third kappa shape index (κ3) is 2.21. The Labute approximate surface area is 67.7 Å². The summed E-state index contributed by atoms with van der Waals surface area (Å²) in [7, 11) is 0. The number of carbonyl (C=O) groups is 1. The van der Waals surface area contributed by atoms with Crippen LogP contribution in [0.25, 0.3) is 10.4 Å². The Bertz CT molecular complexity index is 261. The largest absolute Gasteiger partial charge is 0.481 e. The van der Waals surface area contributed by atoms with Crippen molar-refractivity contribution in [3.8, 4) is 0 Å². The summed E-state index contributed by atoms with van der Waals surface area (Å²) in [6.07, 6.45) is 0.261. The summed E-state index contributed by atoms with van der Waals surface area (Å²) >= 11 is 0. The van der Waals surface area contributed by atoms with Gasteiger partial charge < -0.3 is 5.11 Å². The topological polar surface area (TPSA) is 111 Å². The molecule has 12 heavy (non-hydrogen) atoms. The zero-order valence-corrected chi connectivity index (χ0v) is 6.21. The maximum absolute atomic E-state index is 10.3. The van der Waals surface area contributed by atoms with Gasteiger partial charge in [0, 0.05) is 17.9 Å². The van der Waals surface area contributed by atoms with Gasteiger partial charge in [-0.3, -0.25) is 4.79 Å². The summed E-state index contributed by atoms with van der Waals surface area (Å²) in [5.41, 5.74) is 7.15. The fourth-order valence-electron chi connectivity index (χ4n) is 0.846. The predicted molar refractivity (Wildman–Crippen MR) is 38.5 cm³/mol. The molecular weight excluding hydrogens is 162 g/mol. The molecular formula is C5H7N5O2. The quantitative estimate of drug-likeness (QED) is 0.380. The first-order chi connectivity index (χ1) is 5.68. The van der Waals surface area contributed by atoms with Gasteiger partial charge in [-0.25, -0.2) is 0 Å². The van der Waals surface area contributed by atoms with Gasteiger partial charge in [-0.2, -0.15) is 10.2 Å². The lowest BCUT2D eigenvalue weighted by atomic mass is 10.1. The molecule has 1 aliphatic heterocycles. The van der Waals surface area contributed by atoms with Gasteiger partial charge >= 0.3 is 5.97 Å². The van der Waals surface area contributed by atoms with Gasteiger partial charge in [0.25, 0.3) is 0 Å². The summed E-state index contributed by atoms with van der Waals surface area (Å²) in [5, 5.41) is 18.9. The molecule has 0 saturated heterocycles. The van der Waals surface area contributed by atoms with Crippen molar-refractivity contribution < 1.29 is 9.90 Å². The van der Waals surface area contributed by atoms with Crippen LogP contribution in [0.5, 0.6) is 0 Å². The SMILES string of the molecule is [N-]=[N+]=NCCC1(CC(=O)O)N=N1. The van der Waals surface area contributed by atoms with E-state index in [4.69, 9.17) is 10.6 Å². The molecule has 1 heterocycles. The summed E-state index contributed by atoms with van der Waals surface area (Å²) in [4.78, 5) is 12.8. The van der Waals surface area contributed by atoms with Crippen molar-refractivity contribution >= 4 is 5.97 Å². The van der Waals surface area contributed by atoms with Crippen LogP contribution in [-0.4, -0.2) is 23.3 Å². The minimum absolute atomic E-state index is 0.117. The van der Waals surface area contributed by atoms with Crippen molar-refractivity contribution in [2.45, 2.75) is 18.5 Å². The third-order valence-corrected chi connectivity index (χ3v) is 1.49. The normalized spacial score (nSPS) is 16.7. The van der Waals surface area contributed by atoms with E-state index in [2.05, 4.69) is 20.3 Å². The van der Waals surface area contributed by atoms with E-state index < -0.39 is 11.6 Å². The first-order valence-corrected chi connectivity index (χ1v) is 3.35. The van der Waals surface area contributed by atoms with Crippen LogP contribution >= 0.6 is 0 Å². The van der Waals surface area contributed by atoms with E-state index in [0.29, 0.717) is 6.42 Å². The molecule has 0 spiro atoms. The van der Waals surface area contributed by atoms with Gasteiger partial charge in [-0.15, -0.1) is 0 Å². The highest BCUT2D eigenvalue weighted by Crippen LogP contribution is 2.35. The number of nitrogens with zero attached hydrogens (tertiary/aromatic N) is 5. The number of azide groups is 1. The molecule has 0 aromatic heterocycles. The number of hydrogen-bond acceptors (Lipinski definition) is 4. The average Bonchev–Trinajstić information content (AvgIpc) is 2.69. The second-order valence-corrected chi connectivity index (χ2v) is 2.46. The zero-order chi connectivity index (χ0) is 9.03. The van der Waals surface area contributed by atoms with Crippen LogP contribution in [-0.2, 0) is 4.79 Å². The highest BCUT2D eigenvalue weighted by Gasteiger charge is 2.41. The molecule has 7 nitrogen and oxygen atoms in total. The first kappa shape index (κ1) is 8.48. The number of carboxylic acids is 1. The predicted octanol–water partition coefficient (Wildman–Crippen LogP) is 1.32. The lowest BCUT2D eigenvalue weighted by Gasteiger charge is -2.03. The maximum atomic E-state index is 10.3. The average molecular weight is 169 g/mol. The van der Waals surface area contributed by atoms with Gasteiger partial charge in [0.15, 0.2) is 0 Å². The second-order valence-electron chi connectivity index (χ2n) is 2.46. The Morgan fingerprint density at radius 1 is 1.67 bits per heavy atom. The van der Waals surface area contributed by atoms with Crippen LogP contribution in [0.15, 0.2) is 15.3 Å². The van der Waals surface area contributed by atoms with Crippen LogP contribution in [0.1, 0.15) is 12.8 Å². The van der Waals surface area contributed by atoms with Crippen LogP contribution in [0.2, 0.25) is 0 Å². The van der Waals surface area contributed by atoms with Crippen molar-refractivity contribution in [1.29, 1.82) is 0 Å². The smallest absolute Gasteiger partial charge is 0.307 e. The van der Waals surface area contributed by atoms with Crippen molar-refractivity contribution in [3.05, 3.63) is 10.4 Å². The van der Waals surface area contributed by atoms with E-state index in [9.17, 15) is 4.79 Å². The Morgan fingerprint density at radius 2 is 2.33 bits per heavy atom. The molecule has 1 rings (SSSR count). The number of carboxylic acid groups (broad SMARTS) is 1. The minimum atomic E-state index is -0.944. The lowest BCUT2D eigenvalue weighted by Crippen LogP contribution is -2.17. The molecule has 1 N–H and O–H groups in total. The van der Waals surface area contributed by atoms with E-state index >= 15 is 0 Å². The molecule has 0 radical (unpaired) electrons. The fourth-order valence-corrected chi connectivity index (χ4v) is 0.846. The van der Waals surface area contributed by atoms with Gasteiger partial charge in [-0.1, -0.05) is 5.11 Å². The molecule has 1 aliphatic rings. The fraction of sp³-hybridized carbons (Fsp3) is 0.800. The molecule has 64 valence electrons. The van der Waals surface area contributed by atoms with Gasteiger partial charge in [0.2, 0.25) is 5.66 Å². The molecule has 0 amide bonds. The maximum Gasteiger partial charge on any atom is 0.307 e. The number of hydrogen-bond donors (Lipinski definition) is 1. The summed E-state index contributed by atoms with van der Waals surface area (Å²) < 4.78 is 0. The number of rotatable bonds is 5. The standard InChI is InChI=1S/C5H7N5O2/c6-10-7-2-1-5(8-9-5)3-4(11)12/h1-3H2,(H,11,12). The third-order valence-electron chi connectivity index (χ3n) is 1.49. The summed E-state index contributed by atoms with van der Waals surface area (Å²) in [6.45, 7) is 0.233. The Morgan fingerprint density at radius 3 is 2.75 bits per heavy atom. The molecule has 0 unspecified atom stereocenters. The van der Waals surface area contributed by atoms with E-state index in [1.165, 1.54) is 0 Å². The van der Waals surface area contributed by atoms with E-state index in [-0.39, 0.29) is 13.0 Å². The number of aliphatic carboxylic acids is 1. The van der Waals surface area contributed by atoms with Crippen molar-refractivity contribution in [3.63, 3.8) is 0 Å². The molecule has 0 saturated carbocycles. The zero-order valence-electron chi connectivity index (χ0n) is 6.21. The van der Waals surface area contributed by atoms with Crippen molar-refractivity contribution in [1.82, 2.24) is 0 Å².